The molecule has 1 heteroatoms. The summed E-state index contributed by atoms with van der Waals surface area (Å²) >= 11 is 0. The third-order valence-corrected chi connectivity index (χ3v) is 4.58. The van der Waals surface area contributed by atoms with E-state index in [2.05, 4.69) is 43.4 Å². The lowest BCUT2D eigenvalue weighted by atomic mass is 9.80. The van der Waals surface area contributed by atoms with Gasteiger partial charge in [0.2, 0.25) is 0 Å². The Morgan fingerprint density at radius 3 is 2.89 bits per heavy atom. The number of hydrogen-bond donors (Lipinski definition) is 1. The van der Waals surface area contributed by atoms with E-state index >= 15 is 0 Å². The highest BCUT2D eigenvalue weighted by atomic mass is 14.9. The van der Waals surface area contributed by atoms with Crippen LogP contribution in [-0.2, 0) is 6.42 Å². The average molecular weight is 259 g/mol. The summed E-state index contributed by atoms with van der Waals surface area (Å²) < 4.78 is 0. The largest absolute Gasteiger partial charge is 0.314 e. The fourth-order valence-electron chi connectivity index (χ4n) is 3.50. The molecular weight excluding hydrogens is 230 g/mol. The second-order valence-electron chi connectivity index (χ2n) is 5.88. The maximum absolute atomic E-state index is 3.59. The molecule has 0 amide bonds. The van der Waals surface area contributed by atoms with Crippen LogP contribution in [0.15, 0.2) is 24.3 Å². The highest BCUT2D eigenvalue weighted by molar-refractivity contribution is 5.32. The minimum absolute atomic E-state index is 0.726. The highest BCUT2D eigenvalue weighted by Crippen LogP contribution is 2.35. The van der Waals surface area contributed by atoms with Gasteiger partial charge in [0.1, 0.15) is 0 Å². The Balaban J connectivity index is 1.84. The number of rotatable bonds is 7. The first-order chi connectivity index (χ1) is 9.35. The molecule has 1 aliphatic rings. The van der Waals surface area contributed by atoms with Crippen molar-refractivity contribution in [3.05, 3.63) is 35.4 Å². The Labute approximate surface area is 118 Å². The summed E-state index contributed by atoms with van der Waals surface area (Å²) in [5.41, 5.74) is 3.25. The number of fused-ring (bicyclic) bond motifs is 1. The Bertz CT molecular complexity index is 372. The molecule has 1 N–H and O–H groups in total. The van der Waals surface area contributed by atoms with Gasteiger partial charge >= 0.3 is 0 Å². The van der Waals surface area contributed by atoms with Gasteiger partial charge < -0.3 is 5.32 Å². The molecule has 1 aliphatic carbocycles. The molecule has 2 unspecified atom stereocenters. The van der Waals surface area contributed by atoms with E-state index in [4.69, 9.17) is 0 Å². The van der Waals surface area contributed by atoms with Gasteiger partial charge in [0, 0.05) is 6.04 Å². The minimum Gasteiger partial charge on any atom is -0.314 e. The quantitative estimate of drug-likeness (QED) is 0.750. The molecule has 0 aromatic heterocycles. The van der Waals surface area contributed by atoms with Crippen LogP contribution in [0.3, 0.4) is 0 Å². The molecule has 0 heterocycles. The Morgan fingerprint density at radius 1 is 1.26 bits per heavy atom. The molecule has 19 heavy (non-hydrogen) atoms. The Morgan fingerprint density at radius 2 is 2.11 bits per heavy atom. The summed E-state index contributed by atoms with van der Waals surface area (Å²) in [5, 5.41) is 3.59. The second-order valence-corrected chi connectivity index (χ2v) is 5.88. The Kier molecular flexibility index (Phi) is 5.91. The fraction of sp³-hybridized carbons (Fsp3) is 0.667. The number of benzene rings is 1. The first kappa shape index (κ1) is 14.6. The van der Waals surface area contributed by atoms with Crippen molar-refractivity contribution in [3.8, 4) is 0 Å². The summed E-state index contributed by atoms with van der Waals surface area (Å²) in [6.45, 7) is 5.61. The monoisotopic (exact) mass is 259 g/mol. The fourth-order valence-corrected chi connectivity index (χ4v) is 3.50. The van der Waals surface area contributed by atoms with Crippen molar-refractivity contribution in [1.82, 2.24) is 5.32 Å². The van der Waals surface area contributed by atoms with Gasteiger partial charge in [-0.05, 0) is 62.1 Å². The molecular formula is C18H29N. The summed E-state index contributed by atoms with van der Waals surface area (Å²) in [5.74, 6) is 0.823. The van der Waals surface area contributed by atoms with Crippen molar-refractivity contribution >= 4 is 0 Å². The summed E-state index contributed by atoms with van der Waals surface area (Å²) in [6, 6.07) is 9.82. The molecule has 1 aromatic carbocycles. The van der Waals surface area contributed by atoms with Crippen LogP contribution in [0.1, 0.15) is 69.4 Å². The highest BCUT2D eigenvalue weighted by Gasteiger charge is 2.19. The van der Waals surface area contributed by atoms with Crippen LogP contribution in [0.25, 0.3) is 0 Å². The summed E-state index contributed by atoms with van der Waals surface area (Å²) in [7, 11) is 0. The lowest BCUT2D eigenvalue weighted by Gasteiger charge is -2.26. The topological polar surface area (TPSA) is 12.0 Å². The smallest absolute Gasteiger partial charge is 0.00643 e. The predicted octanol–water partition coefficient (Wildman–Crippen LogP) is 4.66. The van der Waals surface area contributed by atoms with E-state index in [0.29, 0.717) is 0 Å². The normalized spacial score (nSPS) is 20.0. The first-order valence-electron chi connectivity index (χ1n) is 8.16. The van der Waals surface area contributed by atoms with Crippen LogP contribution in [0, 0.1) is 0 Å². The number of hydrogen-bond acceptors (Lipinski definition) is 1. The Hall–Kier alpha value is -0.820. The van der Waals surface area contributed by atoms with E-state index in [1.165, 1.54) is 44.9 Å². The average Bonchev–Trinajstić information content (AvgIpc) is 2.46. The van der Waals surface area contributed by atoms with Gasteiger partial charge in [-0.25, -0.2) is 0 Å². The van der Waals surface area contributed by atoms with Crippen molar-refractivity contribution in [2.24, 2.45) is 0 Å². The zero-order chi connectivity index (χ0) is 13.5. The lowest BCUT2D eigenvalue weighted by Crippen LogP contribution is -2.28. The zero-order valence-electron chi connectivity index (χ0n) is 12.6. The third kappa shape index (κ3) is 4.07. The molecule has 0 aliphatic heterocycles. The molecule has 0 bridgehead atoms. The van der Waals surface area contributed by atoms with Crippen LogP contribution >= 0.6 is 0 Å². The van der Waals surface area contributed by atoms with Gasteiger partial charge in [-0.1, -0.05) is 44.5 Å². The van der Waals surface area contributed by atoms with Gasteiger partial charge in [-0.2, -0.15) is 0 Å². The van der Waals surface area contributed by atoms with E-state index in [1.807, 2.05) is 0 Å². The van der Waals surface area contributed by atoms with Crippen molar-refractivity contribution in [2.45, 2.75) is 70.8 Å². The van der Waals surface area contributed by atoms with Crippen LogP contribution in [0.5, 0.6) is 0 Å². The van der Waals surface area contributed by atoms with Gasteiger partial charge in [-0.15, -0.1) is 0 Å². The first-order valence-corrected chi connectivity index (χ1v) is 8.16. The molecule has 2 atom stereocenters. The van der Waals surface area contributed by atoms with Crippen molar-refractivity contribution < 1.29 is 0 Å². The van der Waals surface area contributed by atoms with Crippen molar-refractivity contribution in [2.75, 3.05) is 6.54 Å². The molecule has 0 radical (unpaired) electrons. The van der Waals surface area contributed by atoms with E-state index in [-0.39, 0.29) is 0 Å². The molecule has 2 rings (SSSR count). The van der Waals surface area contributed by atoms with E-state index in [9.17, 15) is 0 Å². The van der Waals surface area contributed by atoms with Gasteiger partial charge in [0.15, 0.2) is 0 Å². The lowest BCUT2D eigenvalue weighted by molar-refractivity contribution is 0.429. The van der Waals surface area contributed by atoms with Crippen LogP contribution in [-0.4, -0.2) is 12.6 Å². The predicted molar refractivity (Wildman–Crippen MR) is 83.7 cm³/mol. The zero-order valence-corrected chi connectivity index (χ0v) is 12.6. The van der Waals surface area contributed by atoms with Gasteiger partial charge in [0.25, 0.3) is 0 Å². The third-order valence-electron chi connectivity index (χ3n) is 4.58. The second kappa shape index (κ2) is 7.69. The summed E-state index contributed by atoms with van der Waals surface area (Å²) in [6.07, 6.45) is 9.41. The minimum atomic E-state index is 0.726. The molecule has 1 nitrogen and oxygen atoms in total. The van der Waals surface area contributed by atoms with E-state index in [0.717, 1.165) is 18.5 Å². The van der Waals surface area contributed by atoms with Gasteiger partial charge in [-0.3, -0.25) is 0 Å². The van der Waals surface area contributed by atoms with E-state index in [1.54, 1.807) is 11.1 Å². The SMILES string of the molecule is CCNC(CC)CCCC1CCCc2ccccc21. The molecule has 0 fully saturated rings. The van der Waals surface area contributed by atoms with Crippen LogP contribution < -0.4 is 5.32 Å². The van der Waals surface area contributed by atoms with Crippen LogP contribution in [0.2, 0.25) is 0 Å². The number of nitrogens with one attached hydrogen (secondary N) is 1. The van der Waals surface area contributed by atoms with Crippen molar-refractivity contribution in [1.29, 1.82) is 0 Å². The molecule has 106 valence electrons. The van der Waals surface area contributed by atoms with Gasteiger partial charge in [0.05, 0.1) is 0 Å². The standard InChI is InChI=1S/C18H29N/c1-3-17(19-4-2)13-8-12-16-11-7-10-15-9-5-6-14-18(15)16/h5-6,9,14,16-17,19H,3-4,7-8,10-13H2,1-2H3. The van der Waals surface area contributed by atoms with Crippen molar-refractivity contribution in [3.63, 3.8) is 0 Å². The van der Waals surface area contributed by atoms with Crippen LogP contribution in [0.4, 0.5) is 0 Å². The molecule has 0 saturated carbocycles. The van der Waals surface area contributed by atoms with E-state index < -0.39 is 0 Å². The summed E-state index contributed by atoms with van der Waals surface area (Å²) in [4.78, 5) is 0. The number of aryl methyl sites for hydroxylation is 1. The molecule has 0 spiro atoms. The molecule has 0 saturated heterocycles. The maximum Gasteiger partial charge on any atom is 0.00643 e. The maximum atomic E-state index is 3.59. The molecule has 1 aromatic rings.